The molecule has 0 aromatic rings. The highest BCUT2D eigenvalue weighted by molar-refractivity contribution is 4.84. The van der Waals surface area contributed by atoms with Gasteiger partial charge in [0, 0.05) is 25.7 Å². The summed E-state index contributed by atoms with van der Waals surface area (Å²) in [5.74, 6) is 0. The van der Waals surface area contributed by atoms with Gasteiger partial charge in [-0.05, 0) is 19.9 Å². The molecule has 0 saturated carbocycles. The Kier molecular flexibility index (Phi) is 3.98. The topological polar surface area (TPSA) is 35.5 Å². The number of nitrogens with one attached hydrogen (secondary N) is 1. The predicted molar refractivity (Wildman–Crippen MR) is 50.2 cm³/mol. The van der Waals surface area contributed by atoms with Gasteiger partial charge in [-0.1, -0.05) is 6.92 Å². The maximum absolute atomic E-state index is 9.26. The van der Waals surface area contributed by atoms with Crippen molar-refractivity contribution in [1.29, 1.82) is 0 Å². The first-order valence-electron chi connectivity index (χ1n) is 4.87. The molecule has 0 bridgehead atoms. The summed E-state index contributed by atoms with van der Waals surface area (Å²) < 4.78 is 0. The second kappa shape index (κ2) is 4.80. The fourth-order valence-electron chi connectivity index (χ4n) is 1.58. The van der Waals surface area contributed by atoms with E-state index in [9.17, 15) is 5.11 Å². The van der Waals surface area contributed by atoms with Crippen LogP contribution in [0, 0.1) is 0 Å². The van der Waals surface area contributed by atoms with Crippen LogP contribution in [0.2, 0.25) is 0 Å². The van der Waals surface area contributed by atoms with E-state index in [-0.39, 0.29) is 6.10 Å². The zero-order chi connectivity index (χ0) is 8.97. The molecule has 0 amide bonds. The van der Waals surface area contributed by atoms with Gasteiger partial charge >= 0.3 is 0 Å². The molecule has 0 aromatic heterocycles. The zero-order valence-corrected chi connectivity index (χ0v) is 8.08. The molecular weight excluding hydrogens is 152 g/mol. The molecule has 0 aliphatic carbocycles. The smallest absolute Gasteiger partial charge is 0.0639 e. The van der Waals surface area contributed by atoms with Crippen molar-refractivity contribution in [1.82, 2.24) is 10.2 Å². The van der Waals surface area contributed by atoms with E-state index in [2.05, 4.69) is 17.1 Å². The fraction of sp³-hybridized carbons (Fsp3) is 1.00. The van der Waals surface area contributed by atoms with Crippen molar-refractivity contribution < 1.29 is 5.11 Å². The summed E-state index contributed by atoms with van der Waals surface area (Å²) >= 11 is 0. The van der Waals surface area contributed by atoms with Crippen LogP contribution >= 0.6 is 0 Å². The normalized spacial score (nSPS) is 21.0. The van der Waals surface area contributed by atoms with E-state index in [0.717, 1.165) is 26.2 Å². The Labute approximate surface area is 74.8 Å². The molecular formula is C9H20N2O. The Morgan fingerprint density at radius 1 is 1.58 bits per heavy atom. The van der Waals surface area contributed by atoms with E-state index < -0.39 is 0 Å². The second-order valence-corrected chi connectivity index (χ2v) is 3.66. The Hall–Kier alpha value is -0.120. The largest absolute Gasteiger partial charge is 0.392 e. The van der Waals surface area contributed by atoms with Crippen LogP contribution in [0.1, 0.15) is 20.3 Å². The summed E-state index contributed by atoms with van der Waals surface area (Å²) in [4.78, 5) is 2.38. The third-order valence-corrected chi connectivity index (χ3v) is 2.29. The van der Waals surface area contributed by atoms with Crippen molar-refractivity contribution in [3.05, 3.63) is 0 Å². The van der Waals surface area contributed by atoms with Gasteiger partial charge < -0.3 is 10.4 Å². The van der Waals surface area contributed by atoms with Crippen molar-refractivity contribution in [2.75, 3.05) is 26.2 Å². The molecule has 3 nitrogen and oxygen atoms in total. The highest BCUT2D eigenvalue weighted by Gasteiger charge is 2.24. The van der Waals surface area contributed by atoms with Crippen LogP contribution in [-0.2, 0) is 0 Å². The quantitative estimate of drug-likeness (QED) is 0.615. The number of aliphatic hydroxyl groups is 1. The number of hydrogen-bond donors (Lipinski definition) is 2. The lowest BCUT2D eigenvalue weighted by Gasteiger charge is -2.38. The molecule has 12 heavy (non-hydrogen) atoms. The lowest BCUT2D eigenvalue weighted by molar-refractivity contribution is 0.0770. The first-order chi connectivity index (χ1) is 5.74. The molecule has 2 N–H and O–H groups in total. The molecule has 1 rings (SSSR count). The Morgan fingerprint density at radius 3 is 2.58 bits per heavy atom. The third-order valence-electron chi connectivity index (χ3n) is 2.29. The van der Waals surface area contributed by atoms with Crippen LogP contribution in [0.15, 0.2) is 0 Å². The van der Waals surface area contributed by atoms with Crippen molar-refractivity contribution in [2.24, 2.45) is 0 Å². The molecule has 1 saturated heterocycles. The highest BCUT2D eigenvalue weighted by Crippen LogP contribution is 2.06. The molecule has 3 heteroatoms. The van der Waals surface area contributed by atoms with Gasteiger partial charge in [-0.3, -0.25) is 4.90 Å². The van der Waals surface area contributed by atoms with Crippen LogP contribution < -0.4 is 5.32 Å². The van der Waals surface area contributed by atoms with Crippen LogP contribution in [0.4, 0.5) is 0 Å². The summed E-state index contributed by atoms with van der Waals surface area (Å²) in [7, 11) is 0. The lowest BCUT2D eigenvalue weighted by Crippen LogP contribution is -2.58. The standard InChI is InChI=1S/C9H20N2O/c1-3-4-11(7-8(2)12)9-5-10-6-9/h8-10,12H,3-7H2,1-2H3/t8-/m1/s1. The number of aliphatic hydroxyl groups excluding tert-OH is 1. The maximum Gasteiger partial charge on any atom is 0.0639 e. The minimum atomic E-state index is -0.197. The van der Waals surface area contributed by atoms with Gasteiger partial charge in [0.05, 0.1) is 6.10 Å². The van der Waals surface area contributed by atoms with Gasteiger partial charge in [-0.15, -0.1) is 0 Å². The number of hydrogen-bond acceptors (Lipinski definition) is 3. The second-order valence-electron chi connectivity index (χ2n) is 3.66. The van der Waals surface area contributed by atoms with Crippen LogP contribution in [0.5, 0.6) is 0 Å². The van der Waals surface area contributed by atoms with E-state index >= 15 is 0 Å². The molecule has 1 fully saturated rings. The monoisotopic (exact) mass is 172 g/mol. The fourth-order valence-corrected chi connectivity index (χ4v) is 1.58. The summed E-state index contributed by atoms with van der Waals surface area (Å²) in [6.45, 7) is 8.15. The van der Waals surface area contributed by atoms with E-state index in [1.165, 1.54) is 6.42 Å². The molecule has 0 aromatic carbocycles. The van der Waals surface area contributed by atoms with Crippen molar-refractivity contribution in [3.8, 4) is 0 Å². The first kappa shape index (κ1) is 9.96. The van der Waals surface area contributed by atoms with Gasteiger partial charge in [-0.2, -0.15) is 0 Å². The molecule has 1 heterocycles. The Balaban J connectivity index is 2.26. The minimum absolute atomic E-state index is 0.197. The molecule has 1 atom stereocenters. The van der Waals surface area contributed by atoms with Gasteiger partial charge in [0.2, 0.25) is 0 Å². The van der Waals surface area contributed by atoms with E-state index in [1.807, 2.05) is 6.92 Å². The van der Waals surface area contributed by atoms with Gasteiger partial charge in [0.1, 0.15) is 0 Å². The SMILES string of the molecule is CCCN(C[C@@H](C)O)C1CNC1. The minimum Gasteiger partial charge on any atom is -0.392 e. The van der Waals surface area contributed by atoms with Gasteiger partial charge in [0.25, 0.3) is 0 Å². The van der Waals surface area contributed by atoms with Gasteiger partial charge in [-0.25, -0.2) is 0 Å². The first-order valence-corrected chi connectivity index (χ1v) is 4.87. The molecule has 1 aliphatic heterocycles. The van der Waals surface area contributed by atoms with E-state index in [0.29, 0.717) is 6.04 Å². The predicted octanol–water partition coefficient (Wildman–Crippen LogP) is 0.0510. The Morgan fingerprint density at radius 2 is 2.25 bits per heavy atom. The maximum atomic E-state index is 9.26. The van der Waals surface area contributed by atoms with Crippen LogP contribution in [0.3, 0.4) is 0 Å². The number of nitrogens with zero attached hydrogens (tertiary/aromatic N) is 1. The average Bonchev–Trinajstić information content (AvgIpc) is 1.81. The van der Waals surface area contributed by atoms with Crippen molar-refractivity contribution >= 4 is 0 Å². The van der Waals surface area contributed by atoms with Crippen LogP contribution in [0.25, 0.3) is 0 Å². The van der Waals surface area contributed by atoms with Crippen molar-refractivity contribution in [3.63, 3.8) is 0 Å². The van der Waals surface area contributed by atoms with Gasteiger partial charge in [0.15, 0.2) is 0 Å². The lowest BCUT2D eigenvalue weighted by atomic mass is 10.1. The van der Waals surface area contributed by atoms with E-state index in [4.69, 9.17) is 0 Å². The third kappa shape index (κ3) is 2.73. The summed E-state index contributed by atoms with van der Waals surface area (Å²) in [5, 5.41) is 12.5. The van der Waals surface area contributed by atoms with Crippen molar-refractivity contribution in [2.45, 2.75) is 32.4 Å². The summed E-state index contributed by atoms with van der Waals surface area (Å²) in [6.07, 6.45) is 0.973. The zero-order valence-electron chi connectivity index (χ0n) is 8.08. The van der Waals surface area contributed by atoms with Crippen LogP contribution in [-0.4, -0.2) is 48.3 Å². The Bertz CT molecular complexity index is 124. The average molecular weight is 172 g/mol. The summed E-state index contributed by atoms with van der Waals surface area (Å²) in [5.41, 5.74) is 0. The number of rotatable bonds is 5. The molecule has 1 aliphatic rings. The highest BCUT2D eigenvalue weighted by atomic mass is 16.3. The molecule has 0 spiro atoms. The molecule has 0 radical (unpaired) electrons. The molecule has 72 valence electrons. The molecule has 0 unspecified atom stereocenters. The summed E-state index contributed by atoms with van der Waals surface area (Å²) in [6, 6.07) is 0.666. The van der Waals surface area contributed by atoms with E-state index in [1.54, 1.807) is 0 Å².